The van der Waals surface area contributed by atoms with Crippen molar-refractivity contribution in [3.63, 3.8) is 0 Å². The van der Waals surface area contributed by atoms with Gasteiger partial charge >= 0.3 is 0 Å². The van der Waals surface area contributed by atoms with Gasteiger partial charge in [-0.1, -0.05) is 23.8 Å². The maximum atomic E-state index is 7.22. The zero-order valence-electron chi connectivity index (χ0n) is 7.65. The van der Waals surface area contributed by atoms with Crippen molar-refractivity contribution in [2.45, 2.75) is 33.6 Å². The molecular weight excluding hydrogens is 134 g/mol. The highest BCUT2D eigenvalue weighted by atomic mass is 14.4. The molecule has 0 unspecified atom stereocenters. The number of allylic oxidation sites excluding steroid dienone is 4. The minimum atomic E-state index is 0.762. The van der Waals surface area contributed by atoms with Crippen molar-refractivity contribution in [1.82, 2.24) is 0 Å². The molecule has 0 aromatic rings. The molecule has 0 aromatic carbocycles. The lowest BCUT2D eigenvalue weighted by molar-refractivity contribution is 0.999. The molecule has 0 heterocycles. The summed E-state index contributed by atoms with van der Waals surface area (Å²) in [4.78, 5) is 0. The van der Waals surface area contributed by atoms with Crippen LogP contribution in [0.4, 0.5) is 0 Å². The molecule has 1 N–H and O–H groups in total. The summed E-state index contributed by atoms with van der Waals surface area (Å²) in [6.45, 7) is 5.96. The van der Waals surface area contributed by atoms with E-state index in [2.05, 4.69) is 13.0 Å². The minimum absolute atomic E-state index is 0.762. The maximum Gasteiger partial charge on any atom is 0.00614 e. The molecule has 0 fully saturated rings. The quantitative estimate of drug-likeness (QED) is 0.470. The summed E-state index contributed by atoms with van der Waals surface area (Å²) in [5.74, 6) is 0. The zero-order chi connectivity index (χ0) is 8.69. The van der Waals surface area contributed by atoms with Gasteiger partial charge in [-0.05, 0) is 33.6 Å². The minimum Gasteiger partial charge on any atom is -0.310 e. The number of rotatable bonds is 4. The Balaban J connectivity index is 3.68. The van der Waals surface area contributed by atoms with E-state index in [4.69, 9.17) is 5.41 Å². The Morgan fingerprint density at radius 1 is 1.27 bits per heavy atom. The predicted octanol–water partition coefficient (Wildman–Crippen LogP) is 3.33. The van der Waals surface area contributed by atoms with Gasteiger partial charge in [0.25, 0.3) is 0 Å². The third-order valence-electron chi connectivity index (χ3n) is 1.47. The molecular formula is C10H17N. The number of nitrogens with one attached hydrogen (secondary N) is 1. The first-order chi connectivity index (χ1) is 5.16. The van der Waals surface area contributed by atoms with Crippen molar-refractivity contribution < 1.29 is 0 Å². The van der Waals surface area contributed by atoms with Crippen molar-refractivity contribution in [2.75, 3.05) is 0 Å². The topological polar surface area (TPSA) is 23.9 Å². The van der Waals surface area contributed by atoms with Crippen LogP contribution in [0.3, 0.4) is 0 Å². The maximum absolute atomic E-state index is 7.22. The second-order valence-corrected chi connectivity index (χ2v) is 2.82. The van der Waals surface area contributed by atoms with Crippen LogP contribution in [0.1, 0.15) is 33.6 Å². The Bertz CT molecular complexity index is 175. The van der Waals surface area contributed by atoms with Gasteiger partial charge in [0, 0.05) is 5.71 Å². The van der Waals surface area contributed by atoms with E-state index in [1.165, 1.54) is 5.57 Å². The van der Waals surface area contributed by atoms with Crippen LogP contribution < -0.4 is 0 Å². The summed E-state index contributed by atoms with van der Waals surface area (Å²) < 4.78 is 0. The molecule has 0 rings (SSSR count). The van der Waals surface area contributed by atoms with Gasteiger partial charge in [-0.25, -0.2) is 0 Å². The predicted molar refractivity (Wildman–Crippen MR) is 51.2 cm³/mol. The van der Waals surface area contributed by atoms with Crippen LogP contribution in [0.2, 0.25) is 0 Å². The molecule has 0 saturated carbocycles. The van der Waals surface area contributed by atoms with Crippen molar-refractivity contribution in [3.8, 4) is 0 Å². The van der Waals surface area contributed by atoms with Crippen LogP contribution in [0, 0.1) is 5.41 Å². The SMILES string of the molecule is CC=CC=C(C)CCC(C)=N. The second-order valence-electron chi connectivity index (χ2n) is 2.82. The summed E-state index contributed by atoms with van der Waals surface area (Å²) in [6, 6.07) is 0. The molecule has 11 heavy (non-hydrogen) atoms. The summed E-state index contributed by atoms with van der Waals surface area (Å²) in [5.41, 5.74) is 2.10. The third kappa shape index (κ3) is 7.04. The molecule has 0 atom stereocenters. The first-order valence-electron chi connectivity index (χ1n) is 3.99. The van der Waals surface area contributed by atoms with Crippen LogP contribution in [-0.4, -0.2) is 5.71 Å². The van der Waals surface area contributed by atoms with E-state index in [1.54, 1.807) is 0 Å². The summed E-state index contributed by atoms with van der Waals surface area (Å²) in [7, 11) is 0. The van der Waals surface area contributed by atoms with Crippen molar-refractivity contribution >= 4 is 5.71 Å². The van der Waals surface area contributed by atoms with Gasteiger partial charge in [0.1, 0.15) is 0 Å². The highest BCUT2D eigenvalue weighted by molar-refractivity contribution is 5.78. The normalized spacial score (nSPS) is 12.5. The van der Waals surface area contributed by atoms with Gasteiger partial charge in [0.2, 0.25) is 0 Å². The highest BCUT2D eigenvalue weighted by Crippen LogP contribution is 2.04. The van der Waals surface area contributed by atoms with Crippen molar-refractivity contribution in [1.29, 1.82) is 5.41 Å². The van der Waals surface area contributed by atoms with E-state index in [0.29, 0.717) is 0 Å². The van der Waals surface area contributed by atoms with Crippen molar-refractivity contribution in [3.05, 3.63) is 23.8 Å². The molecule has 0 amide bonds. The molecule has 1 nitrogen and oxygen atoms in total. The zero-order valence-corrected chi connectivity index (χ0v) is 7.65. The lowest BCUT2D eigenvalue weighted by Crippen LogP contribution is -1.88. The average molecular weight is 151 g/mol. The largest absolute Gasteiger partial charge is 0.310 e. The van der Waals surface area contributed by atoms with E-state index in [9.17, 15) is 0 Å². The molecule has 0 bridgehead atoms. The standard InChI is InChI=1S/C10H17N/c1-4-5-6-9(2)7-8-10(3)11/h4-6,11H,7-8H2,1-3H3. The van der Waals surface area contributed by atoms with E-state index >= 15 is 0 Å². The Kier molecular flexibility index (Phi) is 5.44. The lowest BCUT2D eigenvalue weighted by atomic mass is 10.1. The number of hydrogen-bond donors (Lipinski definition) is 1. The molecule has 0 radical (unpaired) electrons. The van der Waals surface area contributed by atoms with Gasteiger partial charge in [0.05, 0.1) is 0 Å². The first-order valence-corrected chi connectivity index (χ1v) is 3.99. The Hall–Kier alpha value is -0.850. The fraction of sp³-hybridized carbons (Fsp3) is 0.500. The molecule has 0 aliphatic carbocycles. The third-order valence-corrected chi connectivity index (χ3v) is 1.47. The molecule has 0 saturated heterocycles. The van der Waals surface area contributed by atoms with Gasteiger partial charge < -0.3 is 5.41 Å². The van der Waals surface area contributed by atoms with E-state index < -0.39 is 0 Å². The highest BCUT2D eigenvalue weighted by Gasteiger charge is 1.89. The summed E-state index contributed by atoms with van der Waals surface area (Å²) >= 11 is 0. The van der Waals surface area contributed by atoms with E-state index in [1.807, 2.05) is 26.0 Å². The van der Waals surface area contributed by atoms with Crippen LogP contribution in [0.15, 0.2) is 23.8 Å². The molecule has 0 aromatic heterocycles. The molecule has 0 spiro atoms. The average Bonchev–Trinajstić information content (AvgIpc) is 1.97. The van der Waals surface area contributed by atoms with Crippen LogP contribution >= 0.6 is 0 Å². The second kappa shape index (κ2) is 5.90. The van der Waals surface area contributed by atoms with Gasteiger partial charge in [-0.2, -0.15) is 0 Å². The van der Waals surface area contributed by atoms with Crippen LogP contribution in [-0.2, 0) is 0 Å². The Morgan fingerprint density at radius 2 is 1.91 bits per heavy atom. The molecule has 62 valence electrons. The lowest BCUT2D eigenvalue weighted by Gasteiger charge is -1.97. The van der Waals surface area contributed by atoms with Gasteiger partial charge in [-0.15, -0.1) is 0 Å². The van der Waals surface area contributed by atoms with Crippen molar-refractivity contribution in [2.24, 2.45) is 0 Å². The molecule has 0 aliphatic heterocycles. The Morgan fingerprint density at radius 3 is 2.36 bits per heavy atom. The van der Waals surface area contributed by atoms with E-state index in [0.717, 1.165) is 18.6 Å². The fourth-order valence-corrected chi connectivity index (χ4v) is 0.728. The van der Waals surface area contributed by atoms with Crippen LogP contribution in [0.5, 0.6) is 0 Å². The summed E-state index contributed by atoms with van der Waals surface area (Å²) in [5, 5.41) is 7.22. The first kappa shape index (κ1) is 10.2. The number of hydrogen-bond acceptors (Lipinski definition) is 1. The van der Waals surface area contributed by atoms with Gasteiger partial charge in [0.15, 0.2) is 0 Å². The fourth-order valence-electron chi connectivity index (χ4n) is 0.728. The molecule has 1 heteroatoms. The van der Waals surface area contributed by atoms with E-state index in [-0.39, 0.29) is 0 Å². The van der Waals surface area contributed by atoms with Crippen LogP contribution in [0.25, 0.3) is 0 Å². The summed E-state index contributed by atoms with van der Waals surface area (Å²) in [6.07, 6.45) is 8.05. The monoisotopic (exact) mass is 151 g/mol. The Labute approximate surface area is 69.3 Å². The molecule has 0 aliphatic rings. The smallest absolute Gasteiger partial charge is 0.00614 e. The van der Waals surface area contributed by atoms with Gasteiger partial charge in [-0.3, -0.25) is 0 Å².